The van der Waals surface area contributed by atoms with Gasteiger partial charge in [-0.1, -0.05) is 18.2 Å². The second kappa shape index (κ2) is 10.5. The molecule has 0 bridgehead atoms. The van der Waals surface area contributed by atoms with Gasteiger partial charge < -0.3 is 14.7 Å². The monoisotopic (exact) mass is 599 g/mol. The molecule has 0 saturated heterocycles. The van der Waals surface area contributed by atoms with E-state index in [-0.39, 0.29) is 17.9 Å². The Hall–Kier alpha value is -2.90. The lowest BCUT2D eigenvalue weighted by Crippen LogP contribution is -2.54. The Bertz CT molecular complexity index is 1270. The van der Waals surface area contributed by atoms with Crippen LogP contribution >= 0.6 is 0 Å². The highest BCUT2D eigenvalue weighted by molar-refractivity contribution is 7.85. The summed E-state index contributed by atoms with van der Waals surface area (Å²) in [5, 5.41) is 9.43. The van der Waals surface area contributed by atoms with Gasteiger partial charge in [0.05, 0.1) is 26.9 Å². The van der Waals surface area contributed by atoms with Gasteiger partial charge in [0, 0.05) is 37.4 Å². The quantitative estimate of drug-likeness (QED) is 0.326. The molecule has 1 fully saturated rings. The van der Waals surface area contributed by atoms with Gasteiger partial charge in [-0.05, 0) is 37.6 Å². The third-order valence-corrected chi connectivity index (χ3v) is 8.59. The van der Waals surface area contributed by atoms with Crippen LogP contribution in [-0.4, -0.2) is 45.8 Å². The highest BCUT2D eigenvalue weighted by Gasteiger charge is 2.62. The van der Waals surface area contributed by atoms with Gasteiger partial charge in [0.2, 0.25) is 5.92 Å². The first-order valence-corrected chi connectivity index (χ1v) is 13.4. The normalized spacial score (nSPS) is 24.0. The number of alkyl halides is 8. The summed E-state index contributed by atoms with van der Waals surface area (Å²) in [6, 6.07) is 8.97. The third-order valence-electron chi connectivity index (χ3n) is 7.04. The van der Waals surface area contributed by atoms with Gasteiger partial charge in [0.1, 0.15) is 17.8 Å². The van der Waals surface area contributed by atoms with Crippen molar-refractivity contribution in [3.63, 3.8) is 0 Å². The molecule has 1 aliphatic carbocycles. The van der Waals surface area contributed by atoms with Crippen LogP contribution in [0.3, 0.4) is 0 Å². The highest BCUT2D eigenvalue weighted by atomic mass is 32.2. The van der Waals surface area contributed by atoms with Gasteiger partial charge in [-0.3, -0.25) is 9.00 Å². The van der Waals surface area contributed by atoms with Crippen molar-refractivity contribution >= 4 is 28.1 Å². The molecule has 220 valence electrons. The number of anilines is 2. The molecule has 5 nitrogen and oxygen atoms in total. The molecule has 1 heterocycles. The average molecular weight is 600 g/mol. The van der Waals surface area contributed by atoms with Crippen LogP contribution in [0.1, 0.15) is 38.2 Å². The maximum absolute atomic E-state index is 15.5. The predicted molar refractivity (Wildman–Crippen MR) is 129 cm³/mol. The van der Waals surface area contributed by atoms with Gasteiger partial charge in [-0.2, -0.15) is 13.2 Å². The van der Waals surface area contributed by atoms with Crippen molar-refractivity contribution in [2.24, 2.45) is 11.3 Å². The van der Waals surface area contributed by atoms with Crippen molar-refractivity contribution in [2.45, 2.75) is 61.0 Å². The number of halogens is 8. The first-order valence-electron chi connectivity index (χ1n) is 12.2. The summed E-state index contributed by atoms with van der Waals surface area (Å²) in [5.41, 5.74) is -5.83. The topological polar surface area (TPSA) is 66.8 Å². The molecule has 0 amide bonds. The van der Waals surface area contributed by atoms with E-state index in [0.29, 0.717) is 19.1 Å². The molecule has 2 aromatic carbocycles. The second-order valence-electron chi connectivity index (χ2n) is 10.4. The average Bonchev–Trinajstić information content (AvgIpc) is 2.93. The minimum absolute atomic E-state index is 0.284. The fraction of sp³-hybridized carbons (Fsp3) is 0.500. The molecule has 2 aromatic rings. The summed E-state index contributed by atoms with van der Waals surface area (Å²) in [6.07, 6.45) is -8.56. The van der Waals surface area contributed by atoms with Crippen LogP contribution in [-0.2, 0) is 21.8 Å². The number of carbonyl (C=O) groups is 1. The number of carboxylic acids is 1. The second-order valence-corrected chi connectivity index (χ2v) is 11.8. The lowest BCUT2D eigenvalue weighted by molar-refractivity contribution is -0.200. The molecular formula is C26H25F8NO4S. The van der Waals surface area contributed by atoms with E-state index in [0.717, 1.165) is 0 Å². The molecule has 14 heteroatoms. The number of hydrogen-bond donors (Lipinski definition) is 1. The van der Waals surface area contributed by atoms with Crippen LogP contribution in [0.2, 0.25) is 0 Å². The van der Waals surface area contributed by atoms with Crippen LogP contribution in [0.4, 0.5) is 46.5 Å². The Morgan fingerprint density at radius 2 is 1.75 bits per heavy atom. The highest BCUT2D eigenvalue weighted by Crippen LogP contribution is 2.53. The SMILES string of the molecule is CC(F)(F)CCC1CN(c2ccccc2)c2cc(C(F)(F)F)c(OCC3(C(=O)O)CC(F)(F)C3)cc2S(=O)C1F. The predicted octanol–water partition coefficient (Wildman–Crippen LogP) is 7.19. The number of aliphatic carboxylic acids is 1. The van der Waals surface area contributed by atoms with Crippen LogP contribution < -0.4 is 9.64 Å². The van der Waals surface area contributed by atoms with Gasteiger partial charge in [0.25, 0.3) is 5.92 Å². The first-order chi connectivity index (χ1) is 18.4. The molecule has 1 N–H and O–H groups in total. The maximum Gasteiger partial charge on any atom is 0.420 e. The third kappa shape index (κ3) is 6.21. The summed E-state index contributed by atoms with van der Waals surface area (Å²) in [5.74, 6) is -10.4. The van der Waals surface area contributed by atoms with Crippen molar-refractivity contribution in [1.82, 2.24) is 0 Å². The minimum atomic E-state index is -5.10. The first kappa shape index (κ1) is 30.1. The van der Waals surface area contributed by atoms with Crippen molar-refractivity contribution in [3.05, 3.63) is 48.0 Å². The van der Waals surface area contributed by atoms with E-state index in [1.54, 1.807) is 18.2 Å². The van der Waals surface area contributed by atoms with E-state index in [2.05, 4.69) is 0 Å². The van der Waals surface area contributed by atoms with Crippen LogP contribution in [0.15, 0.2) is 47.4 Å². The Morgan fingerprint density at radius 3 is 2.27 bits per heavy atom. The number of ether oxygens (including phenoxy) is 1. The molecule has 4 rings (SSSR count). The molecule has 3 atom stereocenters. The van der Waals surface area contributed by atoms with Crippen LogP contribution in [0, 0.1) is 11.3 Å². The molecule has 0 aromatic heterocycles. The number of rotatable bonds is 8. The standard InChI is InChI=1S/C26H25F8NO4S/c1-23(28,29)8-7-15-11-35(16-5-3-2-4-6-16)18-9-17(26(32,33)34)19(10-20(18)40(38)21(15)27)39-14-24(22(36)37)12-25(30,31)13-24/h2-6,9-10,15,21H,7-8,11-14H2,1H3,(H,36,37). The number of hydrogen-bond acceptors (Lipinski definition) is 4. The fourth-order valence-electron chi connectivity index (χ4n) is 4.96. The fourth-order valence-corrected chi connectivity index (χ4v) is 6.37. The van der Waals surface area contributed by atoms with Crippen LogP contribution in [0.25, 0.3) is 0 Å². The molecule has 1 saturated carbocycles. The number of carboxylic acid groups (broad SMARTS) is 1. The van der Waals surface area contributed by atoms with Crippen LogP contribution in [0.5, 0.6) is 5.75 Å². The zero-order valence-corrected chi connectivity index (χ0v) is 21.8. The number of fused-ring (bicyclic) bond motifs is 1. The molecule has 40 heavy (non-hydrogen) atoms. The zero-order chi connectivity index (χ0) is 29.7. The van der Waals surface area contributed by atoms with Gasteiger partial charge in [-0.25, -0.2) is 22.0 Å². The molecule has 1 aliphatic heterocycles. The molecule has 0 spiro atoms. The van der Waals surface area contributed by atoms with E-state index < -0.39 is 100 Å². The summed E-state index contributed by atoms with van der Waals surface area (Å²) >= 11 is 0. The van der Waals surface area contributed by atoms with E-state index in [4.69, 9.17) is 4.74 Å². The van der Waals surface area contributed by atoms with Gasteiger partial charge >= 0.3 is 12.1 Å². The summed E-state index contributed by atoms with van der Waals surface area (Å²) in [7, 11) is -2.65. The smallest absolute Gasteiger partial charge is 0.420 e. The molecule has 0 radical (unpaired) electrons. The van der Waals surface area contributed by atoms with Crippen molar-refractivity contribution < 1.29 is 54.0 Å². The minimum Gasteiger partial charge on any atom is -0.492 e. The van der Waals surface area contributed by atoms with Gasteiger partial charge in [0.15, 0.2) is 5.50 Å². The largest absolute Gasteiger partial charge is 0.492 e. The number of para-hydroxylation sites is 1. The van der Waals surface area contributed by atoms with E-state index in [1.165, 1.54) is 17.0 Å². The van der Waals surface area contributed by atoms with E-state index >= 15 is 4.39 Å². The Balaban J connectivity index is 1.80. The van der Waals surface area contributed by atoms with Crippen molar-refractivity contribution in [3.8, 4) is 5.75 Å². The number of benzene rings is 2. The lowest BCUT2D eigenvalue weighted by atomic mass is 9.66. The van der Waals surface area contributed by atoms with E-state index in [9.17, 15) is 44.8 Å². The molecule has 3 unspecified atom stereocenters. The Labute approximate surface area is 226 Å². The number of nitrogens with zero attached hydrogens (tertiary/aromatic N) is 1. The Kier molecular flexibility index (Phi) is 7.89. The van der Waals surface area contributed by atoms with Gasteiger partial charge in [-0.15, -0.1) is 0 Å². The maximum atomic E-state index is 15.5. The molecular weight excluding hydrogens is 574 g/mol. The zero-order valence-electron chi connectivity index (χ0n) is 21.0. The van der Waals surface area contributed by atoms with E-state index in [1.807, 2.05) is 0 Å². The summed E-state index contributed by atoms with van der Waals surface area (Å²) in [6.45, 7) is -0.768. The molecule has 2 aliphatic rings. The summed E-state index contributed by atoms with van der Waals surface area (Å²) in [4.78, 5) is 12.5. The summed E-state index contributed by atoms with van der Waals surface area (Å²) < 4.78 is 131. The van der Waals surface area contributed by atoms with Crippen molar-refractivity contribution in [2.75, 3.05) is 18.1 Å². The van der Waals surface area contributed by atoms with Crippen molar-refractivity contribution in [1.29, 1.82) is 0 Å². The Morgan fingerprint density at radius 1 is 1.12 bits per heavy atom. The lowest BCUT2D eigenvalue weighted by Gasteiger charge is -2.43.